The fourth-order valence-corrected chi connectivity index (χ4v) is 2.00. The lowest BCUT2D eigenvalue weighted by atomic mass is 10.2. The molecule has 2 aromatic rings. The van der Waals surface area contributed by atoms with Crippen LogP contribution in [-0.4, -0.2) is 26.9 Å². The molecule has 0 aliphatic rings. The van der Waals surface area contributed by atoms with Crippen LogP contribution in [0.1, 0.15) is 10.4 Å². The Morgan fingerprint density at radius 1 is 1.21 bits per heavy atom. The van der Waals surface area contributed by atoms with Crippen molar-refractivity contribution in [2.24, 2.45) is 9.98 Å². The predicted molar refractivity (Wildman–Crippen MR) is 96.8 cm³/mol. The maximum absolute atomic E-state index is 12.2. The van der Waals surface area contributed by atoms with E-state index in [1.165, 1.54) is 6.20 Å². The first-order valence-electron chi connectivity index (χ1n) is 6.55. The number of amides is 1. The van der Waals surface area contributed by atoms with E-state index in [0.29, 0.717) is 16.3 Å². The molecule has 0 saturated heterocycles. The number of carbonyl (C=O) groups excluding carboxylic acids is 1. The van der Waals surface area contributed by atoms with Crippen LogP contribution in [0.15, 0.2) is 58.8 Å². The number of aromatic nitrogens is 1. The van der Waals surface area contributed by atoms with Crippen molar-refractivity contribution in [3.63, 3.8) is 0 Å². The summed E-state index contributed by atoms with van der Waals surface area (Å²) in [5.74, 6) is -0.477. The quantitative estimate of drug-likeness (QED) is 0.595. The lowest BCUT2D eigenvalue weighted by Gasteiger charge is -2.20. The molecule has 0 radical (unpaired) electrons. The number of hydrogen-bond donors (Lipinski definition) is 1. The maximum atomic E-state index is 12.2. The fourth-order valence-electron chi connectivity index (χ4n) is 1.56. The van der Waals surface area contributed by atoms with E-state index in [1.54, 1.807) is 42.6 Å². The Balaban J connectivity index is 2.15. The number of nitrogens with zero attached hydrogens (tertiary/aromatic N) is 3. The molecule has 1 unspecified atom stereocenters. The number of halogens is 4. The van der Waals surface area contributed by atoms with E-state index < -0.39 is 15.9 Å². The Kier molecular flexibility index (Phi) is 6.60. The summed E-state index contributed by atoms with van der Waals surface area (Å²) >= 11 is 23.3. The second-order valence-electron chi connectivity index (χ2n) is 4.48. The molecule has 24 heavy (non-hydrogen) atoms. The lowest BCUT2D eigenvalue weighted by molar-refractivity contribution is 0.0939. The molecule has 0 saturated carbocycles. The van der Waals surface area contributed by atoms with Crippen LogP contribution in [-0.2, 0) is 0 Å². The Morgan fingerprint density at radius 3 is 2.50 bits per heavy atom. The van der Waals surface area contributed by atoms with Gasteiger partial charge in [0, 0.05) is 16.8 Å². The summed E-state index contributed by atoms with van der Waals surface area (Å²) in [7, 11) is 0. The average molecular weight is 404 g/mol. The van der Waals surface area contributed by atoms with Gasteiger partial charge in [0.25, 0.3) is 5.91 Å². The molecule has 0 spiro atoms. The molecule has 1 atom stereocenters. The van der Waals surface area contributed by atoms with E-state index in [1.807, 2.05) is 0 Å². The van der Waals surface area contributed by atoms with E-state index in [9.17, 15) is 4.79 Å². The van der Waals surface area contributed by atoms with E-state index in [4.69, 9.17) is 46.4 Å². The summed E-state index contributed by atoms with van der Waals surface area (Å²) in [6.45, 7) is 0. The van der Waals surface area contributed by atoms with Crippen molar-refractivity contribution in [1.82, 2.24) is 10.3 Å². The first-order chi connectivity index (χ1) is 11.4. The van der Waals surface area contributed by atoms with E-state index in [-0.39, 0.29) is 0 Å². The Labute approximate surface area is 158 Å². The molecule has 124 valence electrons. The highest BCUT2D eigenvalue weighted by Gasteiger charge is 2.34. The molecule has 1 aromatic heterocycles. The lowest BCUT2D eigenvalue weighted by Crippen LogP contribution is -2.42. The molecule has 0 fully saturated rings. The van der Waals surface area contributed by atoms with Gasteiger partial charge in [-0.3, -0.25) is 9.78 Å². The molecular weight excluding hydrogens is 394 g/mol. The third-order valence-corrected chi connectivity index (χ3v) is 3.57. The number of pyridine rings is 1. The molecule has 9 heteroatoms. The number of alkyl halides is 3. The second-order valence-corrected chi connectivity index (χ2v) is 7.28. The second kappa shape index (κ2) is 8.47. The first-order valence-corrected chi connectivity index (χ1v) is 8.06. The zero-order chi connectivity index (χ0) is 17.6. The number of rotatable bonds is 4. The summed E-state index contributed by atoms with van der Waals surface area (Å²) in [4.78, 5) is 23.9. The number of aliphatic imine (C=N–C) groups is 2. The average Bonchev–Trinajstić information content (AvgIpc) is 2.54. The van der Waals surface area contributed by atoms with Crippen LogP contribution in [0.25, 0.3) is 0 Å². The van der Waals surface area contributed by atoms with Crippen molar-refractivity contribution in [3.8, 4) is 0 Å². The van der Waals surface area contributed by atoms with E-state index in [0.717, 1.165) is 0 Å². The molecule has 2 rings (SSSR count). The van der Waals surface area contributed by atoms with Crippen LogP contribution in [0.5, 0.6) is 0 Å². The minimum Gasteiger partial charge on any atom is -0.326 e. The third kappa shape index (κ3) is 5.78. The number of benzene rings is 1. The third-order valence-electron chi connectivity index (χ3n) is 2.70. The van der Waals surface area contributed by atoms with Crippen molar-refractivity contribution in [1.29, 1.82) is 0 Å². The summed E-state index contributed by atoms with van der Waals surface area (Å²) in [6, 6.07) is 12.0. The molecule has 0 aliphatic heterocycles. The van der Waals surface area contributed by atoms with Gasteiger partial charge in [-0.1, -0.05) is 46.4 Å². The van der Waals surface area contributed by atoms with Crippen molar-refractivity contribution in [2.75, 3.05) is 0 Å². The van der Waals surface area contributed by atoms with E-state index >= 15 is 0 Å². The van der Waals surface area contributed by atoms with Gasteiger partial charge in [0.05, 0.1) is 17.9 Å². The maximum Gasteiger partial charge on any atom is 0.253 e. The molecule has 5 nitrogen and oxygen atoms in total. The topological polar surface area (TPSA) is 66.7 Å². The van der Waals surface area contributed by atoms with Crippen LogP contribution in [0.3, 0.4) is 0 Å². The van der Waals surface area contributed by atoms with Gasteiger partial charge in [0.2, 0.25) is 3.79 Å². The van der Waals surface area contributed by atoms with Gasteiger partial charge in [0.1, 0.15) is 0 Å². The monoisotopic (exact) mass is 402 g/mol. The zero-order valence-corrected chi connectivity index (χ0v) is 15.0. The molecular formula is C15H10Cl4N4O. The van der Waals surface area contributed by atoms with Crippen LogP contribution in [0.2, 0.25) is 5.02 Å². The summed E-state index contributed by atoms with van der Waals surface area (Å²) in [5, 5.41) is 3.00. The van der Waals surface area contributed by atoms with Gasteiger partial charge >= 0.3 is 0 Å². The molecule has 1 aromatic carbocycles. The van der Waals surface area contributed by atoms with Crippen LogP contribution >= 0.6 is 46.4 Å². The normalized spacial score (nSPS) is 12.0. The Hall–Kier alpha value is -1.62. The van der Waals surface area contributed by atoms with Crippen molar-refractivity contribution < 1.29 is 4.79 Å². The zero-order valence-electron chi connectivity index (χ0n) is 12.0. The van der Waals surface area contributed by atoms with Crippen LogP contribution < -0.4 is 5.32 Å². The largest absolute Gasteiger partial charge is 0.326 e. The summed E-state index contributed by atoms with van der Waals surface area (Å²) in [5.41, 5.74) is 0.867. The van der Waals surface area contributed by atoms with Gasteiger partial charge < -0.3 is 5.32 Å². The summed E-state index contributed by atoms with van der Waals surface area (Å²) < 4.78 is -1.88. The molecule has 1 heterocycles. The van der Waals surface area contributed by atoms with Gasteiger partial charge in [-0.15, -0.1) is 0 Å². The predicted octanol–water partition coefficient (Wildman–Crippen LogP) is 4.67. The number of hydrogen-bond acceptors (Lipinski definition) is 4. The van der Waals surface area contributed by atoms with E-state index in [2.05, 4.69) is 26.3 Å². The summed E-state index contributed by atoms with van der Waals surface area (Å²) in [6.07, 6.45) is 1.94. The SMILES string of the molecule is O=C(NC(N=C=Nc1cccnc1)C(Cl)(Cl)Cl)c1ccc(Cl)cc1. The smallest absolute Gasteiger partial charge is 0.253 e. The van der Waals surface area contributed by atoms with Gasteiger partial charge in [-0.05, 0) is 36.4 Å². The van der Waals surface area contributed by atoms with Crippen molar-refractivity contribution in [2.45, 2.75) is 9.96 Å². The molecule has 1 N–H and O–H groups in total. The fraction of sp³-hybridized carbons (Fsp3) is 0.133. The number of carbonyl (C=O) groups is 1. The van der Waals surface area contributed by atoms with Crippen LogP contribution in [0.4, 0.5) is 5.69 Å². The Bertz CT molecular complexity index is 753. The number of nitrogens with one attached hydrogen (secondary N) is 1. The van der Waals surface area contributed by atoms with Crippen molar-refractivity contribution in [3.05, 3.63) is 59.4 Å². The van der Waals surface area contributed by atoms with Crippen molar-refractivity contribution >= 4 is 64.0 Å². The minimum atomic E-state index is -1.88. The minimum absolute atomic E-state index is 0.345. The standard InChI is InChI=1S/C15H10Cl4N4O/c16-11-5-3-10(4-6-11)13(24)23-14(15(17,18)19)22-9-21-12-2-1-7-20-8-12/h1-8,14H,(H,23,24). The highest BCUT2D eigenvalue weighted by atomic mass is 35.6. The van der Waals surface area contributed by atoms with Gasteiger partial charge in [0.15, 0.2) is 6.17 Å². The molecule has 1 amide bonds. The van der Waals surface area contributed by atoms with Crippen LogP contribution in [0, 0.1) is 0 Å². The highest BCUT2D eigenvalue weighted by Crippen LogP contribution is 2.31. The van der Waals surface area contributed by atoms with Gasteiger partial charge in [-0.2, -0.15) is 9.98 Å². The molecule has 0 bridgehead atoms. The Morgan fingerprint density at radius 2 is 1.92 bits per heavy atom. The molecule has 0 aliphatic carbocycles. The highest BCUT2D eigenvalue weighted by molar-refractivity contribution is 6.68. The first kappa shape index (κ1) is 18.7. The van der Waals surface area contributed by atoms with Gasteiger partial charge in [-0.25, -0.2) is 0 Å².